The SMILES string of the molecule is Nc1nn2c(c1C(=O)NC1CNCC(F)C1N1CCC(C(=O)N3CCNC4CC43)CC1)NCC(F)C2. The van der Waals surface area contributed by atoms with Gasteiger partial charge in [-0.05, 0) is 32.4 Å². The van der Waals surface area contributed by atoms with Crippen LogP contribution < -0.4 is 27.0 Å². The topological polar surface area (TPSA) is 133 Å². The molecule has 13 heteroatoms. The van der Waals surface area contributed by atoms with Gasteiger partial charge in [0.2, 0.25) is 5.91 Å². The average Bonchev–Trinajstić information content (AvgIpc) is 3.58. The molecule has 1 aromatic heterocycles. The number of piperazine rings is 1. The smallest absolute Gasteiger partial charge is 0.259 e. The highest BCUT2D eigenvalue weighted by Gasteiger charge is 2.48. The summed E-state index contributed by atoms with van der Waals surface area (Å²) in [4.78, 5) is 30.5. The van der Waals surface area contributed by atoms with Gasteiger partial charge >= 0.3 is 0 Å². The van der Waals surface area contributed by atoms with Crippen molar-refractivity contribution in [1.29, 1.82) is 0 Å². The zero-order chi connectivity index (χ0) is 25.0. The van der Waals surface area contributed by atoms with Gasteiger partial charge < -0.3 is 31.9 Å². The minimum Gasteiger partial charge on any atom is -0.381 e. The molecular weight excluding hydrogens is 472 g/mol. The van der Waals surface area contributed by atoms with Crippen LogP contribution in [-0.2, 0) is 11.3 Å². The molecule has 6 N–H and O–H groups in total. The number of fused-ring (bicyclic) bond motifs is 2. The third-order valence-corrected chi connectivity index (χ3v) is 8.37. The molecule has 4 aliphatic heterocycles. The van der Waals surface area contributed by atoms with Gasteiger partial charge in [0.25, 0.3) is 5.91 Å². The number of rotatable bonds is 4. The van der Waals surface area contributed by atoms with E-state index in [4.69, 9.17) is 5.73 Å². The minimum atomic E-state index is -1.17. The molecule has 0 aromatic carbocycles. The fourth-order valence-corrected chi connectivity index (χ4v) is 6.44. The molecule has 36 heavy (non-hydrogen) atoms. The largest absolute Gasteiger partial charge is 0.381 e. The van der Waals surface area contributed by atoms with Crippen molar-refractivity contribution in [3.63, 3.8) is 0 Å². The molecule has 2 amide bonds. The molecule has 5 aliphatic rings. The summed E-state index contributed by atoms with van der Waals surface area (Å²) in [6, 6.07) is -0.190. The molecule has 0 bridgehead atoms. The van der Waals surface area contributed by atoms with Gasteiger partial charge in [-0.1, -0.05) is 0 Å². The number of hydrogen-bond acceptors (Lipinski definition) is 8. The molecule has 1 saturated carbocycles. The van der Waals surface area contributed by atoms with Crippen molar-refractivity contribution >= 4 is 23.5 Å². The Morgan fingerprint density at radius 1 is 1.11 bits per heavy atom. The van der Waals surface area contributed by atoms with Crippen LogP contribution in [0.1, 0.15) is 29.6 Å². The lowest BCUT2D eigenvalue weighted by molar-refractivity contribution is -0.138. The number of hydrogen-bond donors (Lipinski definition) is 5. The number of nitrogens with one attached hydrogen (secondary N) is 4. The number of anilines is 2. The van der Waals surface area contributed by atoms with Gasteiger partial charge in [-0.3, -0.25) is 14.5 Å². The molecule has 1 aliphatic carbocycles. The maximum absolute atomic E-state index is 15.2. The average molecular weight is 508 g/mol. The number of nitrogens with zero attached hydrogens (tertiary/aromatic N) is 4. The lowest BCUT2D eigenvalue weighted by Gasteiger charge is -2.45. The Labute approximate surface area is 208 Å². The van der Waals surface area contributed by atoms with Crippen LogP contribution in [0, 0.1) is 5.92 Å². The Balaban J connectivity index is 1.11. The maximum atomic E-state index is 15.2. The molecule has 198 valence electrons. The molecule has 3 saturated heterocycles. The van der Waals surface area contributed by atoms with Gasteiger partial charge in [-0.2, -0.15) is 5.10 Å². The lowest BCUT2D eigenvalue weighted by Crippen LogP contribution is -2.66. The van der Waals surface area contributed by atoms with E-state index in [0.29, 0.717) is 50.4 Å². The number of aromatic nitrogens is 2. The van der Waals surface area contributed by atoms with E-state index in [1.807, 2.05) is 4.90 Å². The summed E-state index contributed by atoms with van der Waals surface area (Å²) in [7, 11) is 0. The van der Waals surface area contributed by atoms with E-state index in [0.717, 1.165) is 19.5 Å². The van der Waals surface area contributed by atoms with E-state index >= 15 is 4.39 Å². The number of nitrogens with two attached hydrogens (primary N) is 1. The summed E-state index contributed by atoms with van der Waals surface area (Å²) >= 11 is 0. The van der Waals surface area contributed by atoms with Crippen LogP contribution in [0.15, 0.2) is 0 Å². The highest BCUT2D eigenvalue weighted by molar-refractivity contribution is 6.03. The first-order valence-electron chi connectivity index (χ1n) is 13.1. The van der Waals surface area contributed by atoms with Crippen molar-refractivity contribution in [3.8, 4) is 0 Å². The maximum Gasteiger partial charge on any atom is 0.259 e. The van der Waals surface area contributed by atoms with Crippen LogP contribution in [0.3, 0.4) is 0 Å². The number of likely N-dealkylation sites (tertiary alicyclic amines) is 1. The van der Waals surface area contributed by atoms with E-state index < -0.39 is 30.3 Å². The first-order chi connectivity index (χ1) is 17.4. The van der Waals surface area contributed by atoms with Crippen LogP contribution in [-0.4, -0.2) is 114 Å². The predicted molar refractivity (Wildman–Crippen MR) is 129 cm³/mol. The minimum absolute atomic E-state index is 0.0198. The Hall–Kier alpha value is -2.51. The van der Waals surface area contributed by atoms with E-state index in [-0.39, 0.29) is 42.8 Å². The Morgan fingerprint density at radius 2 is 1.92 bits per heavy atom. The number of carbonyl (C=O) groups excluding carboxylic acids is 2. The molecular formula is C23H35F2N9O2. The number of carbonyl (C=O) groups is 2. The van der Waals surface area contributed by atoms with Crippen molar-refractivity contribution in [1.82, 2.24) is 35.5 Å². The van der Waals surface area contributed by atoms with Gasteiger partial charge in [0, 0.05) is 50.7 Å². The Morgan fingerprint density at radius 3 is 2.72 bits per heavy atom. The van der Waals surface area contributed by atoms with Crippen molar-refractivity contribution in [2.24, 2.45) is 5.92 Å². The third kappa shape index (κ3) is 4.30. The van der Waals surface area contributed by atoms with Crippen LogP contribution in [0.4, 0.5) is 20.4 Å². The second-order valence-electron chi connectivity index (χ2n) is 10.7. The molecule has 0 radical (unpaired) electrons. The number of nitrogen functional groups attached to an aromatic ring is 1. The molecule has 1 aromatic rings. The summed E-state index contributed by atoms with van der Waals surface area (Å²) in [6.07, 6.45) is 0.143. The molecule has 6 rings (SSSR count). The summed E-state index contributed by atoms with van der Waals surface area (Å²) in [5.74, 6) is 0.164. The molecule has 6 unspecified atom stereocenters. The fraction of sp³-hybridized carbons (Fsp3) is 0.783. The number of halogens is 2. The zero-order valence-corrected chi connectivity index (χ0v) is 20.3. The summed E-state index contributed by atoms with van der Waals surface area (Å²) in [5.41, 5.74) is 6.17. The van der Waals surface area contributed by atoms with Crippen LogP contribution >= 0.6 is 0 Å². The Kier molecular flexibility index (Phi) is 6.24. The summed E-state index contributed by atoms with van der Waals surface area (Å²) in [6.45, 7) is 3.57. The highest BCUT2D eigenvalue weighted by Crippen LogP contribution is 2.34. The van der Waals surface area contributed by atoms with Gasteiger partial charge in [0.15, 0.2) is 5.82 Å². The van der Waals surface area contributed by atoms with Gasteiger partial charge in [0.1, 0.15) is 23.7 Å². The van der Waals surface area contributed by atoms with E-state index in [9.17, 15) is 14.0 Å². The van der Waals surface area contributed by atoms with Crippen LogP contribution in [0.25, 0.3) is 0 Å². The summed E-state index contributed by atoms with van der Waals surface area (Å²) in [5, 5.41) is 16.5. The number of alkyl halides is 2. The van der Waals surface area contributed by atoms with Crippen LogP contribution in [0.2, 0.25) is 0 Å². The summed E-state index contributed by atoms with van der Waals surface area (Å²) < 4.78 is 30.3. The number of piperidine rings is 2. The van der Waals surface area contributed by atoms with Gasteiger partial charge in [-0.25, -0.2) is 13.5 Å². The first-order valence-corrected chi connectivity index (χ1v) is 13.1. The molecule has 6 atom stereocenters. The Bertz CT molecular complexity index is 1010. The van der Waals surface area contributed by atoms with Crippen molar-refractivity contribution in [2.75, 3.05) is 56.9 Å². The molecule has 0 spiro atoms. The monoisotopic (exact) mass is 507 g/mol. The lowest BCUT2D eigenvalue weighted by atomic mass is 9.90. The van der Waals surface area contributed by atoms with E-state index in [1.165, 1.54) is 4.68 Å². The predicted octanol–water partition coefficient (Wildman–Crippen LogP) is -1.08. The standard InChI is InChI=1S/C23H35F2N9O2/c24-13-8-29-21-18(20(26)31-34(21)11-13)22(35)30-16-10-27-9-14(25)19(16)32-4-1-12(2-5-32)23(36)33-6-3-28-15-7-17(15)33/h12-17,19,27-29H,1-11H2,(H2,26,31)(H,30,35). The van der Waals surface area contributed by atoms with Crippen molar-refractivity contribution < 1.29 is 18.4 Å². The second kappa shape index (κ2) is 9.42. The van der Waals surface area contributed by atoms with Crippen LogP contribution in [0.5, 0.6) is 0 Å². The fourth-order valence-electron chi connectivity index (χ4n) is 6.44. The van der Waals surface area contributed by atoms with E-state index in [2.05, 4.69) is 31.3 Å². The molecule has 5 heterocycles. The second-order valence-corrected chi connectivity index (χ2v) is 10.7. The molecule has 11 nitrogen and oxygen atoms in total. The normalized spacial score (nSPS) is 34.9. The van der Waals surface area contributed by atoms with E-state index in [1.54, 1.807) is 0 Å². The zero-order valence-electron chi connectivity index (χ0n) is 20.3. The first kappa shape index (κ1) is 23.9. The van der Waals surface area contributed by atoms with Gasteiger partial charge in [-0.15, -0.1) is 0 Å². The van der Waals surface area contributed by atoms with Crippen molar-refractivity contribution in [3.05, 3.63) is 5.56 Å². The highest BCUT2D eigenvalue weighted by atomic mass is 19.1. The van der Waals surface area contributed by atoms with Crippen molar-refractivity contribution in [2.45, 2.75) is 62.3 Å². The quantitative estimate of drug-likeness (QED) is 0.348. The van der Waals surface area contributed by atoms with Gasteiger partial charge in [0.05, 0.1) is 18.6 Å². The third-order valence-electron chi connectivity index (χ3n) is 8.37. The number of amides is 2. The molecule has 4 fully saturated rings.